The number of β-amino-alcohol motifs (C(OH)–C–C–N with tert-alkyl or cyclic N) is 1. The number of nitrogens with one attached hydrogen (secondary N) is 1. The van der Waals surface area contributed by atoms with Gasteiger partial charge in [0.1, 0.15) is 11.6 Å². The van der Waals surface area contributed by atoms with Crippen LogP contribution in [0.5, 0.6) is 0 Å². The number of esters is 1. The predicted molar refractivity (Wildman–Crippen MR) is 117 cm³/mol. The molecule has 3 heterocycles. The van der Waals surface area contributed by atoms with E-state index in [1.165, 1.54) is 4.90 Å². The van der Waals surface area contributed by atoms with E-state index in [1.807, 2.05) is 13.8 Å². The Kier molecular flexibility index (Phi) is 6.55. The average Bonchev–Trinajstić information content (AvgIpc) is 3.17. The molecular weight excluding hydrogens is 468 g/mol. The quantitative estimate of drug-likeness (QED) is 0.404. The Labute approximate surface area is 192 Å². The summed E-state index contributed by atoms with van der Waals surface area (Å²) in [6, 6.07) is -0.916. The fourth-order valence-electron chi connectivity index (χ4n) is 6.06. The number of rotatable bonds is 7. The second-order valence-corrected chi connectivity index (χ2v) is 12.0. The van der Waals surface area contributed by atoms with Crippen LogP contribution in [0.1, 0.15) is 54.4 Å². The average molecular weight is 503 g/mol. The summed E-state index contributed by atoms with van der Waals surface area (Å²) in [6.07, 6.45) is 0.643. The lowest BCUT2D eigenvalue weighted by atomic mass is 9.70. The number of likely N-dealkylation sites (tertiary alicyclic amines) is 1. The molecular formula is C22H35BrN2O6. The Morgan fingerprint density at radius 1 is 1.32 bits per heavy atom. The van der Waals surface area contributed by atoms with Crippen molar-refractivity contribution in [2.45, 2.75) is 82.5 Å². The van der Waals surface area contributed by atoms with E-state index < -0.39 is 41.1 Å². The molecule has 2 bridgehead atoms. The zero-order chi connectivity index (χ0) is 23.4. The van der Waals surface area contributed by atoms with Crippen molar-refractivity contribution in [3.63, 3.8) is 0 Å². The van der Waals surface area contributed by atoms with Gasteiger partial charge < -0.3 is 24.8 Å². The highest BCUT2D eigenvalue weighted by Gasteiger charge is 2.76. The first kappa shape index (κ1) is 24.5. The van der Waals surface area contributed by atoms with Crippen LogP contribution in [0.25, 0.3) is 0 Å². The maximum atomic E-state index is 13.6. The van der Waals surface area contributed by atoms with Crippen LogP contribution in [0.15, 0.2) is 0 Å². The lowest BCUT2D eigenvalue weighted by Gasteiger charge is -2.38. The molecule has 8 nitrogen and oxygen atoms in total. The Morgan fingerprint density at radius 3 is 2.52 bits per heavy atom. The molecule has 3 aliphatic heterocycles. The van der Waals surface area contributed by atoms with Crippen molar-refractivity contribution in [2.24, 2.45) is 17.3 Å². The van der Waals surface area contributed by atoms with Crippen molar-refractivity contribution >= 4 is 33.7 Å². The molecule has 1 spiro atoms. The molecule has 0 aromatic rings. The van der Waals surface area contributed by atoms with Crippen LogP contribution in [0, 0.1) is 17.3 Å². The summed E-state index contributed by atoms with van der Waals surface area (Å²) >= 11 is 3.60. The van der Waals surface area contributed by atoms with E-state index in [2.05, 4.69) is 42.0 Å². The minimum absolute atomic E-state index is 0.00535. The van der Waals surface area contributed by atoms with E-state index in [4.69, 9.17) is 9.47 Å². The molecule has 3 fully saturated rings. The van der Waals surface area contributed by atoms with Gasteiger partial charge in [0.2, 0.25) is 11.8 Å². The van der Waals surface area contributed by atoms with Crippen molar-refractivity contribution in [2.75, 3.05) is 19.8 Å². The van der Waals surface area contributed by atoms with E-state index in [1.54, 1.807) is 6.92 Å². The second-order valence-electron chi connectivity index (χ2n) is 10.8. The highest BCUT2D eigenvalue weighted by Crippen LogP contribution is 2.60. The maximum Gasteiger partial charge on any atom is 0.312 e. The van der Waals surface area contributed by atoms with Gasteiger partial charge in [-0.2, -0.15) is 0 Å². The zero-order valence-corrected chi connectivity index (χ0v) is 20.8. The molecule has 0 radical (unpaired) electrons. The summed E-state index contributed by atoms with van der Waals surface area (Å²) in [6.45, 7) is 11.9. The summed E-state index contributed by atoms with van der Waals surface area (Å²) in [4.78, 5) is 41.0. The van der Waals surface area contributed by atoms with Gasteiger partial charge in [0.15, 0.2) is 0 Å². The lowest BCUT2D eigenvalue weighted by molar-refractivity contribution is -0.154. The normalized spacial score (nSPS) is 34.8. The summed E-state index contributed by atoms with van der Waals surface area (Å²) in [5.41, 5.74) is -1.64. The van der Waals surface area contributed by atoms with Gasteiger partial charge in [0.25, 0.3) is 0 Å². The van der Waals surface area contributed by atoms with Gasteiger partial charge in [0, 0.05) is 16.9 Å². The van der Waals surface area contributed by atoms with E-state index in [-0.39, 0.29) is 41.8 Å². The van der Waals surface area contributed by atoms with Gasteiger partial charge in [-0.25, -0.2) is 0 Å². The van der Waals surface area contributed by atoms with E-state index in [0.29, 0.717) is 6.42 Å². The van der Waals surface area contributed by atoms with Gasteiger partial charge in [-0.3, -0.25) is 14.4 Å². The first-order valence-corrected chi connectivity index (χ1v) is 11.9. The van der Waals surface area contributed by atoms with Crippen LogP contribution in [0.4, 0.5) is 0 Å². The Morgan fingerprint density at radius 2 is 1.97 bits per heavy atom. The van der Waals surface area contributed by atoms with Crippen molar-refractivity contribution in [3.05, 3.63) is 0 Å². The predicted octanol–water partition coefficient (Wildman–Crippen LogP) is 1.62. The zero-order valence-electron chi connectivity index (χ0n) is 19.2. The standard InChI is InChI=1S/C22H35BrN2O6/c1-7-30-19(29)13-14-18(28)25(8-9-26)16(22(14)10-12(23)15(13)31-22)17(27)24-21(5,6)11-20(2,3)4/h12-16,26H,7-11H2,1-6H3,(H,24,27)/t12?,13-,14-,15-,16?,22?/m0/s1. The number of fused-ring (bicyclic) bond motifs is 1. The molecule has 3 rings (SSSR count). The second kappa shape index (κ2) is 8.30. The number of carbonyl (C=O) groups excluding carboxylic acids is 3. The van der Waals surface area contributed by atoms with Crippen LogP contribution in [-0.4, -0.2) is 75.7 Å². The van der Waals surface area contributed by atoms with Crippen LogP contribution < -0.4 is 5.32 Å². The summed E-state index contributed by atoms with van der Waals surface area (Å²) in [5, 5.41) is 12.7. The Bertz CT molecular complexity index is 751. The third-order valence-corrected chi connectivity index (χ3v) is 7.22. The summed E-state index contributed by atoms with van der Waals surface area (Å²) < 4.78 is 11.6. The van der Waals surface area contributed by atoms with Gasteiger partial charge in [-0.1, -0.05) is 36.7 Å². The summed E-state index contributed by atoms with van der Waals surface area (Å²) in [7, 11) is 0. The van der Waals surface area contributed by atoms with Gasteiger partial charge >= 0.3 is 5.97 Å². The topological polar surface area (TPSA) is 105 Å². The molecule has 2 N–H and O–H groups in total. The minimum Gasteiger partial charge on any atom is -0.466 e. The van der Waals surface area contributed by atoms with E-state index in [0.717, 1.165) is 6.42 Å². The lowest BCUT2D eigenvalue weighted by Crippen LogP contribution is -2.59. The number of ether oxygens (including phenoxy) is 2. The number of hydrogen-bond donors (Lipinski definition) is 2. The van der Waals surface area contributed by atoms with Crippen LogP contribution in [0.3, 0.4) is 0 Å². The molecule has 176 valence electrons. The van der Waals surface area contributed by atoms with Crippen molar-refractivity contribution in [3.8, 4) is 0 Å². The number of nitrogens with zero attached hydrogens (tertiary/aromatic N) is 1. The molecule has 0 aromatic heterocycles. The third kappa shape index (κ3) is 4.25. The number of aliphatic hydroxyl groups excluding tert-OH is 1. The third-order valence-electron chi connectivity index (χ3n) is 6.37. The van der Waals surface area contributed by atoms with Crippen molar-refractivity contribution in [1.29, 1.82) is 0 Å². The number of amides is 2. The molecule has 0 aliphatic carbocycles. The smallest absolute Gasteiger partial charge is 0.312 e. The monoisotopic (exact) mass is 502 g/mol. The number of carbonyl (C=O) groups is 3. The van der Waals surface area contributed by atoms with Crippen LogP contribution in [-0.2, 0) is 23.9 Å². The molecule has 3 saturated heterocycles. The van der Waals surface area contributed by atoms with E-state index in [9.17, 15) is 19.5 Å². The highest BCUT2D eigenvalue weighted by molar-refractivity contribution is 9.09. The van der Waals surface area contributed by atoms with Gasteiger partial charge in [-0.05, 0) is 39.0 Å². The fourth-order valence-corrected chi connectivity index (χ4v) is 7.00. The molecule has 0 saturated carbocycles. The number of hydrogen-bond acceptors (Lipinski definition) is 6. The largest absolute Gasteiger partial charge is 0.466 e. The Hall–Kier alpha value is -1.19. The summed E-state index contributed by atoms with van der Waals surface area (Å²) in [5.74, 6) is -2.69. The SMILES string of the molecule is CCOC(=O)[C@H]1[C@H]2C(=O)N(CCO)C(C(=O)NC(C)(C)CC(C)(C)C)C23CC(Br)[C@@H]1O3. The molecule has 9 heteroatoms. The van der Waals surface area contributed by atoms with Gasteiger partial charge in [-0.15, -0.1) is 0 Å². The fraction of sp³-hybridized carbons (Fsp3) is 0.864. The molecule has 0 aromatic carbocycles. The molecule has 2 amide bonds. The maximum absolute atomic E-state index is 13.6. The Balaban J connectivity index is 1.97. The first-order valence-electron chi connectivity index (χ1n) is 11.0. The molecule has 3 aliphatic rings. The molecule has 31 heavy (non-hydrogen) atoms. The van der Waals surface area contributed by atoms with E-state index >= 15 is 0 Å². The number of halogens is 1. The minimum atomic E-state index is -1.12. The molecule has 3 unspecified atom stereocenters. The van der Waals surface area contributed by atoms with Gasteiger partial charge in [0.05, 0.1) is 31.2 Å². The van der Waals surface area contributed by atoms with Crippen LogP contribution >= 0.6 is 15.9 Å². The van der Waals surface area contributed by atoms with Crippen molar-refractivity contribution < 1.29 is 29.0 Å². The first-order chi connectivity index (χ1) is 14.3. The number of aliphatic hydroxyl groups is 1. The highest BCUT2D eigenvalue weighted by atomic mass is 79.9. The van der Waals surface area contributed by atoms with Crippen molar-refractivity contribution in [1.82, 2.24) is 10.2 Å². The number of alkyl halides is 1. The molecule has 6 atom stereocenters. The van der Waals surface area contributed by atoms with Crippen LogP contribution in [0.2, 0.25) is 0 Å².